The second-order valence-corrected chi connectivity index (χ2v) is 5.19. The van der Waals surface area contributed by atoms with Gasteiger partial charge in [-0.1, -0.05) is 12.8 Å². The summed E-state index contributed by atoms with van der Waals surface area (Å²) in [7, 11) is 0. The molecule has 1 atom stereocenters. The van der Waals surface area contributed by atoms with Gasteiger partial charge in [-0.05, 0) is 32.2 Å². The monoisotopic (exact) mass is 226 g/mol. The Morgan fingerprint density at radius 1 is 1.38 bits per heavy atom. The van der Waals surface area contributed by atoms with Crippen molar-refractivity contribution in [3.05, 3.63) is 0 Å². The van der Waals surface area contributed by atoms with Gasteiger partial charge in [0.05, 0.1) is 12.1 Å². The summed E-state index contributed by atoms with van der Waals surface area (Å²) < 4.78 is 0. The Kier molecular flexibility index (Phi) is 3.82. The van der Waals surface area contributed by atoms with Crippen LogP contribution < -0.4 is 10.6 Å². The third-order valence-corrected chi connectivity index (χ3v) is 3.89. The quantitative estimate of drug-likeness (QED) is 0.653. The number of nitrogens with one attached hydrogen (secondary N) is 2. The molecule has 0 aromatic rings. The van der Waals surface area contributed by atoms with Crippen molar-refractivity contribution >= 4 is 5.91 Å². The largest absolute Gasteiger partial charge is 0.394 e. The van der Waals surface area contributed by atoms with Crippen LogP contribution in [-0.4, -0.2) is 36.2 Å². The number of amides is 1. The summed E-state index contributed by atoms with van der Waals surface area (Å²) in [5, 5.41) is 15.8. The molecule has 1 amide bonds. The van der Waals surface area contributed by atoms with Crippen LogP contribution in [0, 0.1) is 5.92 Å². The average molecular weight is 226 g/mol. The standard InChI is InChI=1S/C12H22N2O2/c15-9-12(6-3-7-13-8-12)14-11(16)10-4-1-2-5-10/h10,13,15H,1-9H2,(H,14,16). The maximum absolute atomic E-state index is 12.0. The molecule has 1 heterocycles. The SMILES string of the molecule is O=C(NC1(CO)CCCNC1)C1CCCC1. The second kappa shape index (κ2) is 5.15. The van der Waals surface area contributed by atoms with E-state index in [0.29, 0.717) is 6.54 Å². The van der Waals surface area contributed by atoms with Crippen molar-refractivity contribution in [2.75, 3.05) is 19.7 Å². The van der Waals surface area contributed by atoms with Crippen LogP contribution in [0.5, 0.6) is 0 Å². The Balaban J connectivity index is 1.91. The first-order valence-electron chi connectivity index (χ1n) is 6.39. The highest BCUT2D eigenvalue weighted by atomic mass is 16.3. The summed E-state index contributed by atoms with van der Waals surface area (Å²) in [4.78, 5) is 12.0. The number of carbonyl (C=O) groups is 1. The minimum atomic E-state index is -0.405. The van der Waals surface area contributed by atoms with Gasteiger partial charge in [0.2, 0.25) is 5.91 Å². The average Bonchev–Trinajstić information content (AvgIpc) is 2.84. The van der Waals surface area contributed by atoms with Crippen molar-refractivity contribution in [1.29, 1.82) is 0 Å². The van der Waals surface area contributed by atoms with E-state index in [2.05, 4.69) is 10.6 Å². The van der Waals surface area contributed by atoms with Gasteiger partial charge in [-0.3, -0.25) is 4.79 Å². The predicted octanol–water partition coefficient (Wildman–Crippen LogP) is 0.407. The zero-order chi connectivity index (χ0) is 11.4. The van der Waals surface area contributed by atoms with E-state index in [1.165, 1.54) is 12.8 Å². The van der Waals surface area contributed by atoms with Crippen LogP contribution in [0.4, 0.5) is 0 Å². The molecule has 1 aliphatic carbocycles. The zero-order valence-electron chi connectivity index (χ0n) is 9.80. The molecule has 1 unspecified atom stereocenters. The number of rotatable bonds is 3. The van der Waals surface area contributed by atoms with Gasteiger partial charge in [0.1, 0.15) is 0 Å². The van der Waals surface area contributed by atoms with Gasteiger partial charge in [-0.25, -0.2) is 0 Å². The molecule has 2 fully saturated rings. The minimum Gasteiger partial charge on any atom is -0.394 e. The van der Waals surface area contributed by atoms with Crippen molar-refractivity contribution in [3.8, 4) is 0 Å². The molecule has 1 saturated carbocycles. The molecule has 0 radical (unpaired) electrons. The van der Waals surface area contributed by atoms with Crippen LogP contribution in [0.1, 0.15) is 38.5 Å². The highest BCUT2D eigenvalue weighted by Gasteiger charge is 2.35. The van der Waals surface area contributed by atoms with E-state index >= 15 is 0 Å². The molecule has 92 valence electrons. The van der Waals surface area contributed by atoms with E-state index in [4.69, 9.17) is 0 Å². The Morgan fingerprint density at radius 2 is 2.12 bits per heavy atom. The predicted molar refractivity (Wildman–Crippen MR) is 62.0 cm³/mol. The summed E-state index contributed by atoms with van der Waals surface area (Å²) >= 11 is 0. The molecule has 0 aromatic heterocycles. The molecule has 1 saturated heterocycles. The smallest absolute Gasteiger partial charge is 0.223 e. The molecular formula is C12H22N2O2. The lowest BCUT2D eigenvalue weighted by Crippen LogP contribution is -2.60. The maximum Gasteiger partial charge on any atom is 0.223 e. The van der Waals surface area contributed by atoms with E-state index < -0.39 is 5.54 Å². The molecule has 0 spiro atoms. The number of hydrogen-bond acceptors (Lipinski definition) is 3. The van der Waals surface area contributed by atoms with Crippen molar-refractivity contribution in [2.24, 2.45) is 5.92 Å². The summed E-state index contributed by atoms with van der Waals surface area (Å²) in [6.07, 6.45) is 6.27. The van der Waals surface area contributed by atoms with Crippen molar-refractivity contribution in [1.82, 2.24) is 10.6 Å². The van der Waals surface area contributed by atoms with Crippen LogP contribution in [-0.2, 0) is 4.79 Å². The first-order chi connectivity index (χ1) is 7.76. The highest BCUT2D eigenvalue weighted by molar-refractivity contribution is 5.79. The third kappa shape index (κ3) is 2.55. The van der Waals surface area contributed by atoms with E-state index in [-0.39, 0.29) is 18.4 Å². The van der Waals surface area contributed by atoms with Crippen LogP contribution in [0.25, 0.3) is 0 Å². The number of hydrogen-bond donors (Lipinski definition) is 3. The Hall–Kier alpha value is -0.610. The van der Waals surface area contributed by atoms with Gasteiger partial charge in [0, 0.05) is 12.5 Å². The molecular weight excluding hydrogens is 204 g/mol. The molecule has 1 aliphatic heterocycles. The lowest BCUT2D eigenvalue weighted by Gasteiger charge is -2.37. The first kappa shape index (κ1) is 11.9. The van der Waals surface area contributed by atoms with Crippen LogP contribution in [0.3, 0.4) is 0 Å². The Bertz CT molecular complexity index is 243. The van der Waals surface area contributed by atoms with Crippen molar-refractivity contribution < 1.29 is 9.90 Å². The topological polar surface area (TPSA) is 61.4 Å². The van der Waals surface area contributed by atoms with Gasteiger partial charge in [0.25, 0.3) is 0 Å². The van der Waals surface area contributed by atoms with E-state index in [0.717, 1.165) is 32.2 Å². The lowest BCUT2D eigenvalue weighted by atomic mass is 9.90. The molecule has 0 aromatic carbocycles. The molecule has 3 N–H and O–H groups in total. The highest BCUT2D eigenvalue weighted by Crippen LogP contribution is 2.26. The molecule has 2 rings (SSSR count). The Morgan fingerprint density at radius 3 is 2.69 bits per heavy atom. The number of piperidine rings is 1. The van der Waals surface area contributed by atoms with Crippen LogP contribution in [0.2, 0.25) is 0 Å². The van der Waals surface area contributed by atoms with Gasteiger partial charge in [-0.15, -0.1) is 0 Å². The summed E-state index contributed by atoms with van der Waals surface area (Å²) in [5.41, 5.74) is -0.405. The zero-order valence-corrected chi connectivity index (χ0v) is 9.80. The van der Waals surface area contributed by atoms with Gasteiger partial charge >= 0.3 is 0 Å². The number of carbonyl (C=O) groups excluding carboxylic acids is 1. The van der Waals surface area contributed by atoms with E-state index in [1.54, 1.807) is 0 Å². The molecule has 4 heteroatoms. The molecule has 2 aliphatic rings. The third-order valence-electron chi connectivity index (χ3n) is 3.89. The summed E-state index contributed by atoms with van der Waals surface area (Å²) in [6, 6.07) is 0. The first-order valence-corrected chi connectivity index (χ1v) is 6.39. The second-order valence-electron chi connectivity index (χ2n) is 5.19. The van der Waals surface area contributed by atoms with Gasteiger partial charge in [0.15, 0.2) is 0 Å². The molecule has 4 nitrogen and oxygen atoms in total. The van der Waals surface area contributed by atoms with Crippen molar-refractivity contribution in [3.63, 3.8) is 0 Å². The molecule has 16 heavy (non-hydrogen) atoms. The lowest BCUT2D eigenvalue weighted by molar-refractivity contribution is -0.127. The normalized spacial score (nSPS) is 31.6. The molecule has 0 bridgehead atoms. The van der Waals surface area contributed by atoms with Gasteiger partial charge < -0.3 is 15.7 Å². The van der Waals surface area contributed by atoms with Crippen molar-refractivity contribution in [2.45, 2.75) is 44.1 Å². The fourth-order valence-corrected chi connectivity index (χ4v) is 2.80. The van der Waals surface area contributed by atoms with Gasteiger partial charge in [-0.2, -0.15) is 0 Å². The summed E-state index contributed by atoms with van der Waals surface area (Å²) in [6.45, 7) is 1.72. The number of aliphatic hydroxyl groups is 1. The fraction of sp³-hybridized carbons (Fsp3) is 0.917. The fourth-order valence-electron chi connectivity index (χ4n) is 2.80. The minimum absolute atomic E-state index is 0.0401. The summed E-state index contributed by atoms with van der Waals surface area (Å²) in [5.74, 6) is 0.334. The van der Waals surface area contributed by atoms with E-state index in [9.17, 15) is 9.90 Å². The van der Waals surface area contributed by atoms with E-state index in [1.807, 2.05) is 0 Å². The maximum atomic E-state index is 12.0. The Labute approximate surface area is 96.8 Å². The number of aliphatic hydroxyl groups excluding tert-OH is 1. The van der Waals surface area contributed by atoms with Crippen LogP contribution in [0.15, 0.2) is 0 Å². The van der Waals surface area contributed by atoms with Crippen LogP contribution >= 0.6 is 0 Å².